The molecule has 3 heterocycles. The van der Waals surface area contributed by atoms with Crippen molar-refractivity contribution in [2.75, 3.05) is 7.05 Å². The van der Waals surface area contributed by atoms with Gasteiger partial charge in [-0.15, -0.1) is 0 Å². The Morgan fingerprint density at radius 1 is 0.824 bits per heavy atom. The SMILES string of the molecule is CN1C(=O)/C(=C/c2cccc(C3=NC(C)(C)C(C)(C)N3O)c2)N=C1C1=NC(C)(C)C(C)(C)N1O. The molecule has 2 N–H and O–H groups in total. The van der Waals surface area contributed by atoms with Gasteiger partial charge in [-0.25, -0.2) is 15.1 Å². The van der Waals surface area contributed by atoms with Crippen molar-refractivity contribution < 1.29 is 15.2 Å². The number of likely N-dealkylation sites (N-methyl/N-ethyl adjacent to an activating group) is 1. The second kappa shape index (κ2) is 7.23. The number of carbonyl (C=O) groups is 1. The Morgan fingerprint density at radius 2 is 1.35 bits per heavy atom. The van der Waals surface area contributed by atoms with E-state index >= 15 is 0 Å². The topological polar surface area (TPSA) is 104 Å². The highest BCUT2D eigenvalue weighted by Crippen LogP contribution is 2.39. The number of amidine groups is 3. The van der Waals surface area contributed by atoms with Crippen molar-refractivity contribution in [1.82, 2.24) is 15.0 Å². The van der Waals surface area contributed by atoms with Crippen LogP contribution in [0.4, 0.5) is 0 Å². The van der Waals surface area contributed by atoms with Crippen LogP contribution < -0.4 is 0 Å². The summed E-state index contributed by atoms with van der Waals surface area (Å²) in [5.74, 6) is 0.765. The second-order valence-corrected chi connectivity index (χ2v) is 11.2. The molecule has 4 rings (SSSR count). The van der Waals surface area contributed by atoms with E-state index in [-0.39, 0.29) is 17.4 Å². The maximum Gasteiger partial charge on any atom is 0.277 e. The number of carbonyl (C=O) groups excluding carboxylic acids is 1. The third-order valence-corrected chi connectivity index (χ3v) is 7.94. The van der Waals surface area contributed by atoms with Crippen LogP contribution in [0.15, 0.2) is 44.9 Å². The van der Waals surface area contributed by atoms with Crippen LogP contribution >= 0.6 is 0 Å². The van der Waals surface area contributed by atoms with Crippen LogP contribution in [0.2, 0.25) is 0 Å². The summed E-state index contributed by atoms with van der Waals surface area (Å²) in [5.41, 5.74) is -0.548. The molecule has 3 aliphatic rings. The highest BCUT2D eigenvalue weighted by molar-refractivity contribution is 6.46. The van der Waals surface area contributed by atoms with E-state index in [1.165, 1.54) is 9.96 Å². The number of benzene rings is 1. The van der Waals surface area contributed by atoms with Crippen molar-refractivity contribution in [3.05, 3.63) is 41.1 Å². The van der Waals surface area contributed by atoms with Gasteiger partial charge in [-0.2, -0.15) is 0 Å². The monoisotopic (exact) mass is 466 g/mol. The fraction of sp³-hybridized carbons (Fsp3) is 0.520. The Bertz CT molecular complexity index is 1190. The zero-order valence-electron chi connectivity index (χ0n) is 21.4. The van der Waals surface area contributed by atoms with Gasteiger partial charge in [-0.1, -0.05) is 18.2 Å². The van der Waals surface area contributed by atoms with E-state index < -0.39 is 22.2 Å². The Balaban J connectivity index is 1.70. The minimum Gasteiger partial charge on any atom is -0.291 e. The summed E-state index contributed by atoms with van der Waals surface area (Å²) >= 11 is 0. The maximum atomic E-state index is 13.0. The van der Waals surface area contributed by atoms with Crippen molar-refractivity contribution in [2.24, 2.45) is 15.0 Å². The summed E-state index contributed by atoms with van der Waals surface area (Å²) in [5, 5.41) is 23.9. The molecule has 0 atom stereocenters. The van der Waals surface area contributed by atoms with Crippen LogP contribution in [0.25, 0.3) is 6.08 Å². The van der Waals surface area contributed by atoms with Crippen molar-refractivity contribution >= 4 is 29.5 Å². The molecular formula is C25H34N6O3. The molecule has 1 aromatic carbocycles. The van der Waals surface area contributed by atoms with E-state index in [0.29, 0.717) is 11.7 Å². The summed E-state index contributed by atoms with van der Waals surface area (Å²) < 4.78 is 0. The lowest BCUT2D eigenvalue weighted by molar-refractivity contribution is -0.121. The van der Waals surface area contributed by atoms with Gasteiger partial charge >= 0.3 is 0 Å². The van der Waals surface area contributed by atoms with Crippen molar-refractivity contribution in [1.29, 1.82) is 0 Å². The lowest BCUT2D eigenvalue weighted by atomic mass is 9.84. The minimum absolute atomic E-state index is 0.239. The summed E-state index contributed by atoms with van der Waals surface area (Å²) in [4.78, 5) is 28.3. The van der Waals surface area contributed by atoms with Crippen LogP contribution in [0.3, 0.4) is 0 Å². The van der Waals surface area contributed by atoms with Gasteiger partial charge in [0.05, 0.1) is 22.2 Å². The van der Waals surface area contributed by atoms with Crippen LogP contribution in [-0.4, -0.2) is 78.1 Å². The molecule has 0 saturated heterocycles. The number of amides is 1. The molecule has 9 nitrogen and oxygen atoms in total. The lowest BCUT2D eigenvalue weighted by Crippen LogP contribution is -2.53. The molecule has 0 spiro atoms. The van der Waals surface area contributed by atoms with Gasteiger partial charge in [0, 0.05) is 12.6 Å². The van der Waals surface area contributed by atoms with Crippen molar-refractivity contribution in [2.45, 2.75) is 77.5 Å². The average molecular weight is 467 g/mol. The molecule has 3 aliphatic heterocycles. The number of hydroxylamine groups is 4. The highest BCUT2D eigenvalue weighted by atomic mass is 16.5. The van der Waals surface area contributed by atoms with Gasteiger partial charge in [0.2, 0.25) is 0 Å². The predicted octanol–water partition coefficient (Wildman–Crippen LogP) is 3.57. The molecule has 0 bridgehead atoms. The fourth-order valence-corrected chi connectivity index (χ4v) is 4.00. The van der Waals surface area contributed by atoms with Crippen LogP contribution in [0.1, 0.15) is 66.5 Å². The normalized spacial score (nSPS) is 25.7. The second-order valence-electron chi connectivity index (χ2n) is 11.2. The fourth-order valence-electron chi connectivity index (χ4n) is 4.00. The van der Waals surface area contributed by atoms with Gasteiger partial charge in [0.1, 0.15) is 5.70 Å². The standard InChI is InChI=1S/C25H34N6O3/c1-22(2)24(5,6)30(33)18(27-22)16-12-10-11-15(13-16)14-17-21(32)29(9)19(26-17)20-28-23(3,4)25(7,8)31(20)34/h10-14,33-34H,1-9H3/b17-14-. The highest BCUT2D eigenvalue weighted by Gasteiger charge is 2.52. The van der Waals surface area contributed by atoms with E-state index in [9.17, 15) is 15.2 Å². The molecule has 182 valence electrons. The lowest BCUT2D eigenvalue weighted by Gasteiger charge is -2.36. The van der Waals surface area contributed by atoms with Gasteiger partial charge < -0.3 is 0 Å². The smallest absolute Gasteiger partial charge is 0.277 e. The number of aliphatic imine (C=N–C) groups is 3. The minimum atomic E-state index is -0.657. The van der Waals surface area contributed by atoms with Gasteiger partial charge in [0.25, 0.3) is 5.91 Å². The van der Waals surface area contributed by atoms with Crippen LogP contribution in [0.5, 0.6) is 0 Å². The Hall–Kier alpha value is -3.04. The molecule has 1 amide bonds. The first-order chi connectivity index (χ1) is 15.5. The van der Waals surface area contributed by atoms with E-state index in [4.69, 9.17) is 4.99 Å². The molecule has 0 aromatic heterocycles. The van der Waals surface area contributed by atoms with Crippen molar-refractivity contribution in [3.8, 4) is 0 Å². The molecule has 9 heteroatoms. The molecule has 0 radical (unpaired) electrons. The molecule has 1 aromatic rings. The predicted molar refractivity (Wildman–Crippen MR) is 132 cm³/mol. The zero-order valence-corrected chi connectivity index (χ0v) is 21.4. The van der Waals surface area contributed by atoms with E-state index in [1.807, 2.05) is 79.7 Å². The van der Waals surface area contributed by atoms with Gasteiger partial charge in [-0.05, 0) is 73.1 Å². The Labute approximate surface area is 200 Å². The zero-order chi connectivity index (χ0) is 25.4. The van der Waals surface area contributed by atoms with E-state index in [2.05, 4.69) is 9.98 Å². The number of hydrogen-bond donors (Lipinski definition) is 2. The molecular weight excluding hydrogens is 432 g/mol. The maximum absolute atomic E-state index is 13.0. The third-order valence-electron chi connectivity index (χ3n) is 7.94. The van der Waals surface area contributed by atoms with Gasteiger partial charge in [0.15, 0.2) is 17.5 Å². The number of rotatable bonds is 3. The first-order valence-electron chi connectivity index (χ1n) is 11.4. The molecule has 0 aliphatic carbocycles. The van der Waals surface area contributed by atoms with Gasteiger partial charge in [-0.3, -0.25) is 30.1 Å². The molecule has 0 fully saturated rings. The largest absolute Gasteiger partial charge is 0.291 e. The number of nitrogens with zero attached hydrogens (tertiary/aromatic N) is 6. The average Bonchev–Trinajstić information content (AvgIpc) is 3.17. The first kappa shape index (κ1) is 24.1. The quantitative estimate of drug-likeness (QED) is 0.663. The number of hydrogen-bond acceptors (Lipinski definition) is 8. The van der Waals surface area contributed by atoms with E-state index in [1.54, 1.807) is 13.1 Å². The first-order valence-corrected chi connectivity index (χ1v) is 11.4. The Morgan fingerprint density at radius 3 is 1.85 bits per heavy atom. The summed E-state index contributed by atoms with van der Waals surface area (Å²) in [6, 6.07) is 7.46. The third kappa shape index (κ3) is 3.29. The Kier molecular flexibility index (Phi) is 5.12. The van der Waals surface area contributed by atoms with Crippen LogP contribution in [-0.2, 0) is 4.79 Å². The molecule has 0 unspecified atom stereocenters. The summed E-state index contributed by atoms with van der Waals surface area (Å²) in [6.07, 6.45) is 1.69. The molecule has 0 saturated carbocycles. The van der Waals surface area contributed by atoms with E-state index in [0.717, 1.165) is 16.2 Å². The summed E-state index contributed by atoms with van der Waals surface area (Å²) in [6.45, 7) is 15.5. The van der Waals surface area contributed by atoms with Crippen molar-refractivity contribution in [3.63, 3.8) is 0 Å². The molecule has 34 heavy (non-hydrogen) atoms. The summed E-state index contributed by atoms with van der Waals surface area (Å²) in [7, 11) is 1.62. The van der Waals surface area contributed by atoms with Crippen LogP contribution in [0, 0.1) is 0 Å².